The van der Waals surface area contributed by atoms with Gasteiger partial charge in [-0.3, -0.25) is 0 Å². The lowest BCUT2D eigenvalue weighted by Gasteiger charge is -2.37. The number of carboxylic acid groups (broad SMARTS) is 1. The van der Waals surface area contributed by atoms with Gasteiger partial charge in [0.05, 0.1) is 22.5 Å². The Hall–Kier alpha value is -4.15. The van der Waals surface area contributed by atoms with Crippen LogP contribution < -0.4 is 16.0 Å². The molecule has 5 rings (SSSR count). The lowest BCUT2D eigenvalue weighted by molar-refractivity contribution is -0.192. The number of carboxylic acids is 1. The number of aromatic nitrogens is 2. The second-order valence-corrected chi connectivity index (χ2v) is 11.6. The van der Waals surface area contributed by atoms with Crippen molar-refractivity contribution in [2.75, 3.05) is 29.9 Å². The lowest BCUT2D eigenvalue weighted by atomic mass is 9.86. The van der Waals surface area contributed by atoms with Crippen LogP contribution in [0.1, 0.15) is 51.0 Å². The number of anilines is 2. The fraction of sp³-hybridized carbons (Fsp3) is 0.452. The topological polar surface area (TPSA) is 140 Å². The van der Waals surface area contributed by atoms with Crippen LogP contribution in [0, 0.1) is 23.1 Å². The van der Waals surface area contributed by atoms with Gasteiger partial charge in [-0.2, -0.15) is 18.4 Å². The standard InChI is InChI=1S/C29H35FN6O.C2HF3O2/c1-29(37)11-13-35(14-12-29)24-7-9-25(10-8-24)36-27(21-5-6-22(18-31)26(30)16-21)17-28(34-36)33-19-20-3-2-4-23(32)15-20;3-2(4,5)1(6)7/h5-10,16-17,20,23,37H,2-4,11-15,19,32H2,1H3,(H,33,34);(H,6,7)/t20-,23-;/m0./s1. The molecule has 0 spiro atoms. The third kappa shape index (κ3) is 8.48. The molecule has 1 saturated carbocycles. The number of nitriles is 1. The summed E-state index contributed by atoms with van der Waals surface area (Å²) in [5, 5.41) is 34.9. The van der Waals surface area contributed by atoms with E-state index in [1.807, 2.05) is 35.9 Å². The molecule has 3 aromatic rings. The Bertz CT molecular complexity index is 1470. The molecule has 44 heavy (non-hydrogen) atoms. The van der Waals surface area contributed by atoms with Crippen molar-refractivity contribution in [3.8, 4) is 23.0 Å². The highest BCUT2D eigenvalue weighted by atomic mass is 19.4. The minimum Gasteiger partial charge on any atom is -0.475 e. The quantitative estimate of drug-likeness (QED) is 0.268. The first-order chi connectivity index (χ1) is 20.8. The number of nitrogens with two attached hydrogens (primary N) is 1. The van der Waals surface area contributed by atoms with Crippen molar-refractivity contribution in [2.45, 2.75) is 63.3 Å². The summed E-state index contributed by atoms with van der Waals surface area (Å²) in [6.45, 7) is 4.31. The Morgan fingerprint density at radius 2 is 1.77 bits per heavy atom. The Morgan fingerprint density at radius 1 is 1.14 bits per heavy atom. The van der Waals surface area contributed by atoms with Crippen LogP contribution in [0.4, 0.5) is 29.1 Å². The van der Waals surface area contributed by atoms with Gasteiger partial charge in [0.1, 0.15) is 17.7 Å². The summed E-state index contributed by atoms with van der Waals surface area (Å²) in [6, 6.07) is 16.9. The van der Waals surface area contributed by atoms with Gasteiger partial charge >= 0.3 is 12.1 Å². The maximum absolute atomic E-state index is 14.5. The maximum atomic E-state index is 14.5. The van der Waals surface area contributed by atoms with Crippen molar-refractivity contribution in [3.05, 3.63) is 59.9 Å². The van der Waals surface area contributed by atoms with E-state index in [1.54, 1.807) is 6.07 Å². The Morgan fingerprint density at radius 3 is 2.34 bits per heavy atom. The van der Waals surface area contributed by atoms with Gasteiger partial charge in [-0.1, -0.05) is 12.5 Å². The first-order valence-electron chi connectivity index (χ1n) is 14.4. The van der Waals surface area contributed by atoms with E-state index < -0.39 is 23.6 Å². The van der Waals surface area contributed by atoms with Crippen LogP contribution in [-0.2, 0) is 4.79 Å². The zero-order valence-corrected chi connectivity index (χ0v) is 24.3. The molecule has 1 saturated heterocycles. The van der Waals surface area contributed by atoms with E-state index in [4.69, 9.17) is 26.0 Å². The van der Waals surface area contributed by atoms with E-state index in [2.05, 4.69) is 22.3 Å². The lowest BCUT2D eigenvalue weighted by Crippen LogP contribution is -2.42. The third-order valence-corrected chi connectivity index (χ3v) is 8.03. The molecule has 2 heterocycles. The fourth-order valence-corrected chi connectivity index (χ4v) is 5.45. The van der Waals surface area contributed by atoms with Crippen molar-refractivity contribution in [1.29, 1.82) is 5.26 Å². The number of alkyl halides is 3. The van der Waals surface area contributed by atoms with Crippen molar-refractivity contribution < 1.29 is 32.6 Å². The van der Waals surface area contributed by atoms with Crippen LogP contribution in [0.2, 0.25) is 0 Å². The van der Waals surface area contributed by atoms with Gasteiger partial charge in [0, 0.05) is 43.0 Å². The van der Waals surface area contributed by atoms with Gasteiger partial charge in [-0.15, -0.1) is 5.10 Å². The molecule has 1 aliphatic carbocycles. The van der Waals surface area contributed by atoms with Gasteiger partial charge in [-0.25, -0.2) is 13.9 Å². The molecule has 9 nitrogen and oxygen atoms in total. The molecule has 1 aliphatic heterocycles. The average Bonchev–Trinajstić information content (AvgIpc) is 3.40. The number of aliphatic carboxylic acids is 1. The summed E-state index contributed by atoms with van der Waals surface area (Å²) < 4.78 is 48.1. The maximum Gasteiger partial charge on any atom is 0.490 e. The largest absolute Gasteiger partial charge is 0.490 e. The number of nitrogens with zero attached hydrogens (tertiary/aromatic N) is 4. The molecule has 13 heteroatoms. The number of hydrogen-bond acceptors (Lipinski definition) is 7. The summed E-state index contributed by atoms with van der Waals surface area (Å²) in [5.41, 5.74) is 8.95. The van der Waals surface area contributed by atoms with Crippen LogP contribution in [0.5, 0.6) is 0 Å². The predicted molar refractivity (Wildman–Crippen MR) is 158 cm³/mol. The SMILES string of the molecule is CC1(O)CCN(c2ccc(-n3nc(NC[C@H]4CCC[C@H](N)C4)cc3-c3ccc(C#N)c(F)c3)cc2)CC1.O=C(O)C(F)(F)F. The molecule has 1 aromatic heterocycles. The van der Waals surface area contributed by atoms with Crippen molar-refractivity contribution in [1.82, 2.24) is 9.78 Å². The highest BCUT2D eigenvalue weighted by Gasteiger charge is 2.38. The molecule has 2 aromatic carbocycles. The van der Waals surface area contributed by atoms with Gasteiger partial charge in [0.15, 0.2) is 0 Å². The second kappa shape index (κ2) is 13.7. The van der Waals surface area contributed by atoms with E-state index in [-0.39, 0.29) is 11.6 Å². The fourth-order valence-electron chi connectivity index (χ4n) is 5.45. The summed E-state index contributed by atoms with van der Waals surface area (Å²) in [5.74, 6) is -2.07. The first-order valence-corrected chi connectivity index (χ1v) is 14.4. The molecular formula is C31H36F4N6O3. The first kappa shape index (κ1) is 32.8. The highest BCUT2D eigenvalue weighted by Crippen LogP contribution is 2.31. The number of hydrogen-bond donors (Lipinski definition) is 4. The number of carbonyl (C=O) groups is 1. The molecule has 0 radical (unpaired) electrons. The van der Waals surface area contributed by atoms with Crippen LogP contribution >= 0.6 is 0 Å². The van der Waals surface area contributed by atoms with Crippen molar-refractivity contribution in [3.63, 3.8) is 0 Å². The molecule has 0 bridgehead atoms. The normalized spacial score (nSPS) is 19.8. The van der Waals surface area contributed by atoms with E-state index >= 15 is 0 Å². The Kier molecular flexibility index (Phi) is 10.2. The molecule has 0 unspecified atom stereocenters. The van der Waals surface area contributed by atoms with Crippen LogP contribution in [-0.4, -0.2) is 63.4 Å². The van der Waals surface area contributed by atoms with E-state index in [0.29, 0.717) is 11.5 Å². The number of halogens is 4. The van der Waals surface area contributed by atoms with E-state index in [1.165, 1.54) is 12.1 Å². The molecule has 2 atom stereocenters. The van der Waals surface area contributed by atoms with Crippen LogP contribution in [0.25, 0.3) is 16.9 Å². The number of nitrogens with one attached hydrogen (secondary N) is 1. The minimum atomic E-state index is -5.08. The Balaban J connectivity index is 0.000000566. The Labute approximate surface area is 252 Å². The van der Waals surface area contributed by atoms with Gasteiger partial charge in [0.25, 0.3) is 0 Å². The summed E-state index contributed by atoms with van der Waals surface area (Å²) in [4.78, 5) is 11.2. The summed E-state index contributed by atoms with van der Waals surface area (Å²) in [7, 11) is 0. The van der Waals surface area contributed by atoms with Crippen LogP contribution in [0.3, 0.4) is 0 Å². The molecule has 2 fully saturated rings. The second-order valence-electron chi connectivity index (χ2n) is 11.6. The van der Waals surface area contributed by atoms with E-state index in [0.717, 1.165) is 81.0 Å². The number of benzene rings is 2. The van der Waals surface area contributed by atoms with Crippen molar-refractivity contribution >= 4 is 17.5 Å². The average molecular weight is 617 g/mol. The van der Waals surface area contributed by atoms with Gasteiger partial charge in [0.2, 0.25) is 0 Å². The predicted octanol–water partition coefficient (Wildman–Crippen LogP) is 5.46. The monoisotopic (exact) mass is 616 g/mol. The minimum absolute atomic E-state index is 0.0201. The summed E-state index contributed by atoms with van der Waals surface area (Å²) in [6.07, 6.45) is 0.800. The zero-order valence-electron chi connectivity index (χ0n) is 24.3. The number of aliphatic hydroxyl groups is 1. The molecule has 5 N–H and O–H groups in total. The highest BCUT2D eigenvalue weighted by molar-refractivity contribution is 5.73. The molecule has 236 valence electrons. The zero-order chi connectivity index (χ0) is 32.1. The summed E-state index contributed by atoms with van der Waals surface area (Å²) >= 11 is 0. The third-order valence-electron chi connectivity index (χ3n) is 8.03. The molecule has 0 amide bonds. The van der Waals surface area contributed by atoms with Gasteiger partial charge in [-0.05, 0) is 81.3 Å². The molecular weight excluding hydrogens is 580 g/mol. The smallest absolute Gasteiger partial charge is 0.475 e. The van der Waals surface area contributed by atoms with E-state index in [9.17, 15) is 22.7 Å². The van der Waals surface area contributed by atoms with Crippen molar-refractivity contribution in [2.24, 2.45) is 11.7 Å². The van der Waals surface area contributed by atoms with Gasteiger partial charge < -0.3 is 26.2 Å². The number of piperidine rings is 1. The molecule has 2 aliphatic rings. The van der Waals surface area contributed by atoms with Crippen LogP contribution in [0.15, 0.2) is 48.5 Å². The number of rotatable bonds is 6.